The number of carbonyl (C=O) groups excluding carboxylic acids is 2. The Bertz CT molecular complexity index is 800. The van der Waals surface area contributed by atoms with E-state index in [0.717, 1.165) is 30.6 Å². The standard InChI is InChI=1S/C20H21FN2O2S/c21-14-8-10-16(11-9-14)23-18(24)13-20(23,17-7-4-12-26-17)19(25)22-15-5-2-1-3-6-15/h4,7-12,15H,1-3,5-6,13H2,(H,22,25)/t20-/m0/s1. The van der Waals surface area contributed by atoms with Crippen molar-refractivity contribution in [1.29, 1.82) is 0 Å². The number of β-lactam (4-membered cyclic amide) rings is 1. The second-order valence-corrected chi connectivity index (χ2v) is 7.98. The zero-order valence-corrected chi connectivity index (χ0v) is 15.2. The predicted octanol–water partition coefficient (Wildman–Crippen LogP) is 3.97. The smallest absolute Gasteiger partial charge is 0.252 e. The van der Waals surface area contributed by atoms with Crippen LogP contribution in [-0.4, -0.2) is 17.9 Å². The monoisotopic (exact) mass is 372 g/mol. The zero-order valence-electron chi connectivity index (χ0n) is 14.4. The van der Waals surface area contributed by atoms with Gasteiger partial charge in [0.15, 0.2) is 5.54 Å². The van der Waals surface area contributed by atoms with Gasteiger partial charge in [0, 0.05) is 16.6 Å². The molecule has 1 atom stereocenters. The summed E-state index contributed by atoms with van der Waals surface area (Å²) in [4.78, 5) is 28.2. The number of anilines is 1. The van der Waals surface area contributed by atoms with Gasteiger partial charge in [0.25, 0.3) is 5.91 Å². The summed E-state index contributed by atoms with van der Waals surface area (Å²) in [5, 5.41) is 5.09. The Hall–Kier alpha value is -2.21. The molecule has 1 saturated heterocycles. The Morgan fingerprint density at radius 2 is 1.88 bits per heavy atom. The molecule has 26 heavy (non-hydrogen) atoms. The van der Waals surface area contributed by atoms with Crippen LogP contribution in [0.3, 0.4) is 0 Å². The van der Waals surface area contributed by atoms with Gasteiger partial charge in [0.1, 0.15) is 5.82 Å². The molecular formula is C20H21FN2O2S. The Balaban J connectivity index is 1.69. The molecule has 0 bridgehead atoms. The van der Waals surface area contributed by atoms with E-state index in [9.17, 15) is 14.0 Å². The molecule has 2 heterocycles. The molecule has 136 valence electrons. The van der Waals surface area contributed by atoms with Gasteiger partial charge in [0.2, 0.25) is 5.91 Å². The van der Waals surface area contributed by atoms with Crippen molar-refractivity contribution < 1.29 is 14.0 Å². The molecule has 0 spiro atoms. The summed E-state index contributed by atoms with van der Waals surface area (Å²) in [6.45, 7) is 0. The summed E-state index contributed by atoms with van der Waals surface area (Å²) in [6, 6.07) is 9.71. The van der Waals surface area contributed by atoms with E-state index in [0.29, 0.717) is 5.69 Å². The molecule has 0 radical (unpaired) electrons. The average molecular weight is 372 g/mol. The molecule has 1 aromatic heterocycles. The SMILES string of the molecule is O=C1C[C@@](C(=O)NC2CCCCC2)(c2cccs2)N1c1ccc(F)cc1. The Morgan fingerprint density at radius 3 is 2.50 bits per heavy atom. The van der Waals surface area contributed by atoms with E-state index >= 15 is 0 Å². The number of halogens is 1. The third-order valence-corrected chi connectivity index (χ3v) is 6.39. The minimum absolute atomic E-state index is 0.121. The molecule has 6 heteroatoms. The van der Waals surface area contributed by atoms with Gasteiger partial charge in [-0.05, 0) is 48.6 Å². The van der Waals surface area contributed by atoms with Crippen LogP contribution in [0.15, 0.2) is 41.8 Å². The highest BCUT2D eigenvalue weighted by molar-refractivity contribution is 7.10. The summed E-state index contributed by atoms with van der Waals surface area (Å²) in [6.07, 6.45) is 5.56. The first-order valence-corrected chi connectivity index (χ1v) is 9.93. The molecule has 1 N–H and O–H groups in total. The number of benzene rings is 1. The van der Waals surface area contributed by atoms with E-state index in [4.69, 9.17) is 0 Å². The van der Waals surface area contributed by atoms with E-state index in [1.165, 1.54) is 34.8 Å². The largest absolute Gasteiger partial charge is 0.351 e. The first-order chi connectivity index (χ1) is 12.6. The van der Waals surface area contributed by atoms with E-state index in [1.54, 1.807) is 12.1 Å². The normalized spacial score (nSPS) is 23.6. The molecule has 2 amide bonds. The van der Waals surface area contributed by atoms with Gasteiger partial charge in [-0.25, -0.2) is 4.39 Å². The predicted molar refractivity (Wildman–Crippen MR) is 99.5 cm³/mol. The van der Waals surface area contributed by atoms with Gasteiger partial charge in [-0.15, -0.1) is 11.3 Å². The maximum atomic E-state index is 13.3. The van der Waals surface area contributed by atoms with Crippen LogP contribution in [0.25, 0.3) is 0 Å². The molecule has 4 rings (SSSR count). The van der Waals surface area contributed by atoms with Crippen LogP contribution < -0.4 is 10.2 Å². The highest BCUT2D eigenvalue weighted by Crippen LogP contribution is 2.47. The molecule has 2 aliphatic rings. The Kier molecular flexibility index (Phi) is 4.53. The number of rotatable bonds is 4. The number of nitrogens with zero attached hydrogens (tertiary/aromatic N) is 1. The third-order valence-electron chi connectivity index (χ3n) is 5.37. The lowest BCUT2D eigenvalue weighted by Crippen LogP contribution is -2.69. The third kappa shape index (κ3) is 2.82. The lowest BCUT2D eigenvalue weighted by molar-refractivity contribution is -0.140. The Morgan fingerprint density at radius 1 is 1.15 bits per heavy atom. The minimum atomic E-state index is -1.03. The summed E-state index contributed by atoms with van der Waals surface area (Å²) < 4.78 is 13.3. The first kappa shape index (κ1) is 17.2. The second-order valence-electron chi connectivity index (χ2n) is 7.03. The van der Waals surface area contributed by atoms with Gasteiger partial charge in [-0.1, -0.05) is 25.3 Å². The molecule has 1 saturated carbocycles. The van der Waals surface area contributed by atoms with Crippen molar-refractivity contribution >= 4 is 28.8 Å². The lowest BCUT2D eigenvalue weighted by Gasteiger charge is -2.50. The van der Waals surface area contributed by atoms with E-state index in [2.05, 4.69) is 5.32 Å². The van der Waals surface area contributed by atoms with E-state index in [1.807, 2.05) is 17.5 Å². The van der Waals surface area contributed by atoms with Gasteiger partial charge in [0.05, 0.1) is 6.42 Å². The van der Waals surface area contributed by atoms with Crippen molar-refractivity contribution in [1.82, 2.24) is 5.32 Å². The van der Waals surface area contributed by atoms with Crippen LogP contribution in [0.2, 0.25) is 0 Å². The second kappa shape index (κ2) is 6.83. The summed E-state index contributed by atoms with van der Waals surface area (Å²) in [5.41, 5.74) is -0.476. The summed E-state index contributed by atoms with van der Waals surface area (Å²) >= 11 is 1.47. The summed E-state index contributed by atoms with van der Waals surface area (Å²) in [5.74, 6) is -0.616. The fourth-order valence-electron chi connectivity index (χ4n) is 4.01. The number of thiophene rings is 1. The van der Waals surface area contributed by atoms with Crippen LogP contribution in [0, 0.1) is 5.82 Å². The topological polar surface area (TPSA) is 49.4 Å². The average Bonchev–Trinajstić information content (AvgIpc) is 3.16. The van der Waals surface area contributed by atoms with Crippen molar-refractivity contribution in [3.05, 3.63) is 52.5 Å². The molecule has 1 aliphatic carbocycles. The van der Waals surface area contributed by atoms with Crippen LogP contribution in [0.5, 0.6) is 0 Å². The quantitative estimate of drug-likeness (QED) is 0.826. The van der Waals surface area contributed by atoms with Crippen LogP contribution >= 0.6 is 11.3 Å². The minimum Gasteiger partial charge on any atom is -0.351 e. The van der Waals surface area contributed by atoms with Crippen molar-refractivity contribution in [2.75, 3.05) is 4.90 Å². The van der Waals surface area contributed by atoms with Gasteiger partial charge >= 0.3 is 0 Å². The van der Waals surface area contributed by atoms with Crippen molar-refractivity contribution in [2.24, 2.45) is 0 Å². The highest BCUT2D eigenvalue weighted by atomic mass is 32.1. The number of hydrogen-bond donors (Lipinski definition) is 1. The van der Waals surface area contributed by atoms with E-state index in [-0.39, 0.29) is 30.1 Å². The van der Waals surface area contributed by atoms with Crippen molar-refractivity contribution in [3.63, 3.8) is 0 Å². The number of nitrogens with one attached hydrogen (secondary N) is 1. The first-order valence-electron chi connectivity index (χ1n) is 9.05. The molecule has 4 nitrogen and oxygen atoms in total. The highest BCUT2D eigenvalue weighted by Gasteiger charge is 2.59. The fourth-order valence-corrected chi connectivity index (χ4v) is 4.92. The molecule has 2 fully saturated rings. The molecule has 1 aliphatic heterocycles. The zero-order chi connectivity index (χ0) is 18.1. The molecule has 1 aromatic carbocycles. The van der Waals surface area contributed by atoms with Gasteiger partial charge in [-0.2, -0.15) is 0 Å². The Labute approximate surface area is 156 Å². The van der Waals surface area contributed by atoms with Crippen LogP contribution in [0.1, 0.15) is 43.4 Å². The maximum Gasteiger partial charge on any atom is 0.252 e. The molecule has 0 unspecified atom stereocenters. The van der Waals surface area contributed by atoms with E-state index < -0.39 is 5.54 Å². The molecular weight excluding hydrogens is 351 g/mol. The number of amides is 2. The number of hydrogen-bond acceptors (Lipinski definition) is 3. The maximum absolute atomic E-state index is 13.3. The van der Waals surface area contributed by atoms with Gasteiger partial charge < -0.3 is 5.32 Å². The molecule has 2 aromatic rings. The lowest BCUT2D eigenvalue weighted by atomic mass is 9.80. The summed E-state index contributed by atoms with van der Waals surface area (Å²) in [7, 11) is 0. The van der Waals surface area contributed by atoms with Crippen molar-refractivity contribution in [3.8, 4) is 0 Å². The fraction of sp³-hybridized carbons (Fsp3) is 0.400. The van der Waals surface area contributed by atoms with Crippen molar-refractivity contribution in [2.45, 2.75) is 50.1 Å². The van der Waals surface area contributed by atoms with Gasteiger partial charge in [-0.3, -0.25) is 14.5 Å². The van der Waals surface area contributed by atoms with Crippen LogP contribution in [-0.2, 0) is 15.1 Å². The van der Waals surface area contributed by atoms with Crippen LogP contribution in [0.4, 0.5) is 10.1 Å². The number of carbonyl (C=O) groups is 2.